The summed E-state index contributed by atoms with van der Waals surface area (Å²) in [5, 5.41) is -0.710. The van der Waals surface area contributed by atoms with Crippen LogP contribution in [0.3, 0.4) is 0 Å². The monoisotopic (exact) mass is 262 g/mol. The van der Waals surface area contributed by atoms with Gasteiger partial charge in [0.25, 0.3) is 6.43 Å². The zero-order valence-electron chi connectivity index (χ0n) is 8.43. The Hall–Kier alpha value is -1.70. The Kier molecular flexibility index (Phi) is 2.74. The normalized spacial score (nSPS) is 12.4. The Labute approximate surface area is 95.2 Å². The van der Waals surface area contributed by atoms with Crippen LogP contribution in [0.4, 0.5) is 14.5 Å². The molecule has 0 saturated carbocycles. The number of rotatable bonds is 3. The number of hydrogen-bond acceptors (Lipinski definition) is 5. The van der Waals surface area contributed by atoms with Crippen molar-refractivity contribution in [2.45, 2.75) is 11.6 Å². The van der Waals surface area contributed by atoms with E-state index < -0.39 is 27.2 Å². The summed E-state index contributed by atoms with van der Waals surface area (Å²) >= 11 is 0. The molecule has 2 N–H and O–H groups in total. The summed E-state index contributed by atoms with van der Waals surface area (Å²) < 4.78 is 51.9. The number of benzene rings is 1. The number of anilines is 1. The molecule has 0 aliphatic carbocycles. The minimum atomic E-state index is -4.20. The van der Waals surface area contributed by atoms with Gasteiger partial charge in [-0.2, -0.15) is 4.98 Å². The maximum atomic E-state index is 12.1. The predicted molar refractivity (Wildman–Crippen MR) is 56.5 cm³/mol. The topological polar surface area (TPSA) is 86.2 Å². The Bertz CT molecular complexity index is 651. The molecule has 0 bridgehead atoms. The van der Waals surface area contributed by atoms with Gasteiger partial charge < -0.3 is 10.2 Å². The Morgan fingerprint density at radius 2 is 2.12 bits per heavy atom. The first-order valence-electron chi connectivity index (χ1n) is 4.55. The minimum Gasteiger partial charge on any atom is -0.428 e. The van der Waals surface area contributed by atoms with Crippen LogP contribution in [0.15, 0.2) is 27.8 Å². The first-order chi connectivity index (χ1) is 7.88. The molecule has 0 saturated heterocycles. The maximum Gasteiger partial charge on any atom is 0.316 e. The Balaban J connectivity index is 2.50. The van der Waals surface area contributed by atoms with Gasteiger partial charge in [-0.3, -0.25) is 0 Å². The highest BCUT2D eigenvalue weighted by Crippen LogP contribution is 2.22. The first kappa shape index (κ1) is 11.8. The largest absolute Gasteiger partial charge is 0.428 e. The fraction of sp³-hybridized carbons (Fsp3) is 0.222. The number of alkyl halides is 2. The van der Waals surface area contributed by atoms with Crippen molar-refractivity contribution >= 4 is 26.6 Å². The van der Waals surface area contributed by atoms with E-state index >= 15 is 0 Å². The van der Waals surface area contributed by atoms with Crippen LogP contribution >= 0.6 is 0 Å². The number of nitrogens with two attached hydrogens (primary N) is 1. The molecular weight excluding hydrogens is 254 g/mol. The number of sulfone groups is 1. The van der Waals surface area contributed by atoms with Gasteiger partial charge in [0.15, 0.2) is 5.58 Å². The summed E-state index contributed by atoms with van der Waals surface area (Å²) in [4.78, 5) is 3.64. The molecule has 0 unspecified atom stereocenters. The molecule has 8 heteroatoms. The summed E-state index contributed by atoms with van der Waals surface area (Å²) in [7, 11) is -4.20. The third kappa shape index (κ3) is 2.36. The second-order valence-electron chi connectivity index (χ2n) is 3.38. The van der Waals surface area contributed by atoms with Crippen LogP contribution in [0.2, 0.25) is 0 Å². The quantitative estimate of drug-likeness (QED) is 0.846. The van der Waals surface area contributed by atoms with Crippen LogP contribution in [0.25, 0.3) is 11.1 Å². The van der Waals surface area contributed by atoms with E-state index in [4.69, 9.17) is 10.2 Å². The number of aromatic nitrogens is 1. The second kappa shape index (κ2) is 3.95. The Morgan fingerprint density at radius 3 is 2.76 bits per heavy atom. The number of nitrogens with zero attached hydrogens (tertiary/aromatic N) is 1. The molecule has 2 rings (SSSR count). The highest BCUT2D eigenvalue weighted by molar-refractivity contribution is 7.91. The second-order valence-corrected chi connectivity index (χ2v) is 5.29. The van der Waals surface area contributed by atoms with Crippen LogP contribution in [0.5, 0.6) is 0 Å². The highest BCUT2D eigenvalue weighted by atomic mass is 32.2. The molecule has 1 aromatic heterocycles. The van der Waals surface area contributed by atoms with Crippen LogP contribution in [-0.2, 0) is 9.84 Å². The smallest absolute Gasteiger partial charge is 0.316 e. The molecular formula is C9H8F2N2O3S. The summed E-state index contributed by atoms with van der Waals surface area (Å²) in [5.74, 6) is -1.31. The lowest BCUT2D eigenvalue weighted by Gasteiger charge is -1.96. The van der Waals surface area contributed by atoms with Gasteiger partial charge in [-0.25, -0.2) is 17.2 Å². The van der Waals surface area contributed by atoms with Crippen molar-refractivity contribution in [3.63, 3.8) is 0 Å². The number of oxazole rings is 1. The van der Waals surface area contributed by atoms with Gasteiger partial charge in [0.2, 0.25) is 9.84 Å². The van der Waals surface area contributed by atoms with Gasteiger partial charge in [-0.1, -0.05) is 0 Å². The van der Waals surface area contributed by atoms with Crippen molar-refractivity contribution in [2.24, 2.45) is 0 Å². The van der Waals surface area contributed by atoms with Crippen molar-refractivity contribution < 1.29 is 21.6 Å². The number of nitrogen functional groups attached to an aromatic ring is 1. The van der Waals surface area contributed by atoms with E-state index in [1.165, 1.54) is 18.2 Å². The van der Waals surface area contributed by atoms with Gasteiger partial charge in [0.1, 0.15) is 11.3 Å². The standard InChI is InChI=1S/C9H8F2N2O3S/c10-8(11)4-17(14,15)9-13-6-2-1-5(12)3-7(6)16-9/h1-3,8H,4,12H2. The fourth-order valence-electron chi connectivity index (χ4n) is 1.29. The summed E-state index contributed by atoms with van der Waals surface area (Å²) in [5.41, 5.74) is 6.24. The van der Waals surface area contributed by atoms with E-state index in [0.717, 1.165) is 0 Å². The molecule has 0 spiro atoms. The molecule has 0 aliphatic rings. The molecule has 17 heavy (non-hydrogen) atoms. The van der Waals surface area contributed by atoms with Crippen molar-refractivity contribution in [1.82, 2.24) is 4.98 Å². The molecule has 0 radical (unpaired) electrons. The molecule has 92 valence electrons. The number of hydrogen-bond donors (Lipinski definition) is 1. The predicted octanol–water partition coefficient (Wildman–Crippen LogP) is 1.45. The third-order valence-corrected chi connectivity index (χ3v) is 3.40. The highest BCUT2D eigenvalue weighted by Gasteiger charge is 2.26. The summed E-state index contributed by atoms with van der Waals surface area (Å²) in [6.45, 7) is 0. The zero-order valence-corrected chi connectivity index (χ0v) is 9.25. The van der Waals surface area contributed by atoms with E-state index in [9.17, 15) is 17.2 Å². The van der Waals surface area contributed by atoms with E-state index in [-0.39, 0.29) is 11.1 Å². The van der Waals surface area contributed by atoms with Crippen molar-refractivity contribution in [1.29, 1.82) is 0 Å². The van der Waals surface area contributed by atoms with Crippen molar-refractivity contribution in [3.8, 4) is 0 Å². The van der Waals surface area contributed by atoms with Crippen LogP contribution < -0.4 is 5.73 Å². The van der Waals surface area contributed by atoms with Crippen LogP contribution in [0, 0.1) is 0 Å². The van der Waals surface area contributed by atoms with E-state index in [0.29, 0.717) is 5.69 Å². The molecule has 0 atom stereocenters. The maximum absolute atomic E-state index is 12.1. The minimum absolute atomic E-state index is 0.151. The van der Waals surface area contributed by atoms with Gasteiger partial charge >= 0.3 is 5.22 Å². The molecule has 0 aliphatic heterocycles. The molecule has 5 nitrogen and oxygen atoms in total. The first-order valence-corrected chi connectivity index (χ1v) is 6.21. The van der Waals surface area contributed by atoms with Gasteiger partial charge in [-0.15, -0.1) is 0 Å². The van der Waals surface area contributed by atoms with Crippen molar-refractivity contribution in [2.75, 3.05) is 11.5 Å². The van der Waals surface area contributed by atoms with Gasteiger partial charge in [0, 0.05) is 11.8 Å². The zero-order chi connectivity index (χ0) is 12.6. The molecule has 0 fully saturated rings. The molecule has 1 aromatic carbocycles. The Morgan fingerprint density at radius 1 is 1.41 bits per heavy atom. The van der Waals surface area contributed by atoms with Crippen LogP contribution in [0.1, 0.15) is 0 Å². The average Bonchev–Trinajstić information content (AvgIpc) is 2.58. The van der Waals surface area contributed by atoms with Gasteiger partial charge in [0.05, 0.1) is 0 Å². The average molecular weight is 262 g/mol. The third-order valence-electron chi connectivity index (χ3n) is 2.00. The molecule has 1 heterocycles. The van der Waals surface area contributed by atoms with Gasteiger partial charge in [-0.05, 0) is 12.1 Å². The lowest BCUT2D eigenvalue weighted by atomic mass is 10.3. The number of fused-ring (bicyclic) bond motifs is 1. The lowest BCUT2D eigenvalue weighted by Crippen LogP contribution is -2.13. The van der Waals surface area contributed by atoms with E-state index in [1.54, 1.807) is 0 Å². The van der Waals surface area contributed by atoms with Crippen molar-refractivity contribution in [3.05, 3.63) is 18.2 Å². The van der Waals surface area contributed by atoms with E-state index in [2.05, 4.69) is 4.98 Å². The summed E-state index contributed by atoms with van der Waals surface area (Å²) in [6.07, 6.45) is -2.97. The summed E-state index contributed by atoms with van der Waals surface area (Å²) in [6, 6.07) is 4.34. The fourth-order valence-corrected chi connectivity index (χ4v) is 2.22. The lowest BCUT2D eigenvalue weighted by molar-refractivity contribution is 0.173. The molecule has 0 amide bonds. The molecule has 2 aromatic rings. The van der Waals surface area contributed by atoms with E-state index in [1.807, 2.05) is 0 Å². The SMILES string of the molecule is Nc1ccc2nc(S(=O)(=O)CC(F)F)oc2c1. The number of halogens is 2. The van der Waals surface area contributed by atoms with Crippen LogP contribution in [-0.4, -0.2) is 25.6 Å².